The summed E-state index contributed by atoms with van der Waals surface area (Å²) in [5, 5.41) is 0. The number of sulfone groups is 1. The van der Waals surface area contributed by atoms with E-state index < -0.39 is 21.7 Å². The molecule has 2 N–H and O–H groups in total. The fraction of sp³-hybridized carbons (Fsp3) is 0.300. The Kier molecular flexibility index (Phi) is 6.38. The summed E-state index contributed by atoms with van der Waals surface area (Å²) in [6.07, 6.45) is 0.136. The largest absolute Gasteiger partial charge is 0.366 e. The monoisotopic (exact) mass is 388 g/mol. The Morgan fingerprint density at radius 3 is 2.15 bits per heavy atom. The zero-order valence-electron chi connectivity index (χ0n) is 15.7. The van der Waals surface area contributed by atoms with Crippen LogP contribution in [0.15, 0.2) is 53.4 Å². The normalized spacial score (nSPS) is 12.4. The minimum atomic E-state index is -3.31. The highest BCUT2D eigenvalue weighted by Gasteiger charge is 2.24. The maximum atomic E-state index is 12.4. The number of nitrogens with two attached hydrogens (primary N) is 1. The second-order valence-corrected chi connectivity index (χ2v) is 8.75. The van der Waals surface area contributed by atoms with Gasteiger partial charge in [-0.05, 0) is 29.3 Å². The van der Waals surface area contributed by atoms with Crippen molar-refractivity contribution in [1.82, 2.24) is 4.90 Å². The zero-order chi connectivity index (χ0) is 20.2. The lowest BCUT2D eigenvalue weighted by Gasteiger charge is -2.22. The number of hydrogen-bond donors (Lipinski definition) is 1. The van der Waals surface area contributed by atoms with Crippen molar-refractivity contribution in [2.45, 2.75) is 24.2 Å². The fourth-order valence-corrected chi connectivity index (χ4v) is 3.75. The minimum absolute atomic E-state index is 0.0133. The Morgan fingerprint density at radius 1 is 1.04 bits per heavy atom. The molecule has 0 saturated heterocycles. The highest BCUT2D eigenvalue weighted by molar-refractivity contribution is 7.91. The quantitative estimate of drug-likeness (QED) is 0.786. The lowest BCUT2D eigenvalue weighted by molar-refractivity contribution is -0.128. The summed E-state index contributed by atoms with van der Waals surface area (Å²) in [5.41, 5.74) is 7.24. The molecule has 0 fully saturated rings. The predicted molar refractivity (Wildman–Crippen MR) is 104 cm³/mol. The van der Waals surface area contributed by atoms with Gasteiger partial charge in [-0.25, -0.2) is 8.42 Å². The lowest BCUT2D eigenvalue weighted by Crippen LogP contribution is -2.25. The van der Waals surface area contributed by atoms with Crippen LogP contribution in [0.25, 0.3) is 0 Å². The number of carbonyl (C=O) groups is 2. The smallest absolute Gasteiger partial charge is 0.248 e. The van der Waals surface area contributed by atoms with Crippen LogP contribution in [0.2, 0.25) is 0 Å². The summed E-state index contributed by atoms with van der Waals surface area (Å²) in [6.45, 7) is 1.59. The molecule has 0 radical (unpaired) electrons. The number of hydrogen-bond acceptors (Lipinski definition) is 4. The van der Waals surface area contributed by atoms with E-state index in [0.717, 1.165) is 5.56 Å². The van der Waals surface area contributed by atoms with Crippen molar-refractivity contribution in [3.8, 4) is 0 Å². The Labute approximate surface area is 159 Å². The summed E-state index contributed by atoms with van der Waals surface area (Å²) in [6, 6.07) is 13.3. The van der Waals surface area contributed by atoms with Crippen LogP contribution in [0.4, 0.5) is 0 Å². The molecule has 7 heteroatoms. The second kappa shape index (κ2) is 8.35. The van der Waals surface area contributed by atoms with E-state index in [-0.39, 0.29) is 23.0 Å². The Morgan fingerprint density at radius 2 is 1.63 bits per heavy atom. The maximum Gasteiger partial charge on any atom is 0.248 e. The van der Waals surface area contributed by atoms with Gasteiger partial charge in [-0.1, -0.05) is 37.3 Å². The molecule has 2 aromatic carbocycles. The fourth-order valence-electron chi connectivity index (χ4n) is 2.86. The predicted octanol–water partition coefficient (Wildman–Crippen LogP) is 2.19. The molecule has 144 valence electrons. The number of carbonyl (C=O) groups excluding carboxylic acids is 2. The van der Waals surface area contributed by atoms with Crippen molar-refractivity contribution in [2.24, 2.45) is 5.73 Å². The van der Waals surface area contributed by atoms with E-state index in [1.807, 2.05) is 0 Å². The average molecular weight is 388 g/mol. The Bertz CT molecular complexity index is 935. The molecule has 27 heavy (non-hydrogen) atoms. The van der Waals surface area contributed by atoms with Gasteiger partial charge in [-0.2, -0.15) is 0 Å². The van der Waals surface area contributed by atoms with Crippen molar-refractivity contribution in [1.29, 1.82) is 0 Å². The van der Waals surface area contributed by atoms with Crippen molar-refractivity contribution in [3.05, 3.63) is 65.2 Å². The van der Waals surface area contributed by atoms with Crippen LogP contribution in [-0.4, -0.2) is 45.0 Å². The summed E-state index contributed by atoms with van der Waals surface area (Å²) in [5.74, 6) is -1.08. The molecular formula is C20H24N2O4S. The van der Waals surface area contributed by atoms with E-state index in [1.165, 1.54) is 17.0 Å². The SMILES string of the molecule is CCS(=O)(=O)c1ccc([C@H](CC(=O)N(C)C)c2ccccc2C(N)=O)cc1. The molecule has 0 bridgehead atoms. The molecule has 0 spiro atoms. The molecule has 1 atom stereocenters. The van der Waals surface area contributed by atoms with Gasteiger partial charge in [-0.15, -0.1) is 0 Å². The van der Waals surface area contributed by atoms with Gasteiger partial charge in [0.15, 0.2) is 9.84 Å². The lowest BCUT2D eigenvalue weighted by atomic mass is 9.85. The number of nitrogens with zero attached hydrogens (tertiary/aromatic N) is 1. The molecule has 0 heterocycles. The van der Waals surface area contributed by atoms with Crippen molar-refractivity contribution in [2.75, 3.05) is 19.8 Å². The summed E-state index contributed by atoms with van der Waals surface area (Å²) in [7, 11) is 0.0133. The Hall–Kier alpha value is -2.67. The molecule has 0 aliphatic heterocycles. The van der Waals surface area contributed by atoms with Gasteiger partial charge in [0.05, 0.1) is 10.6 Å². The highest BCUT2D eigenvalue weighted by Crippen LogP contribution is 2.31. The van der Waals surface area contributed by atoms with E-state index >= 15 is 0 Å². The van der Waals surface area contributed by atoms with Gasteiger partial charge >= 0.3 is 0 Å². The van der Waals surface area contributed by atoms with Gasteiger partial charge in [0.2, 0.25) is 11.8 Å². The summed E-state index contributed by atoms with van der Waals surface area (Å²) < 4.78 is 24.1. The van der Waals surface area contributed by atoms with Gasteiger partial charge < -0.3 is 10.6 Å². The molecule has 2 amide bonds. The Balaban J connectivity index is 2.54. The molecule has 0 saturated carbocycles. The van der Waals surface area contributed by atoms with Crippen LogP contribution < -0.4 is 5.73 Å². The second-order valence-electron chi connectivity index (χ2n) is 6.47. The van der Waals surface area contributed by atoms with Gasteiger partial charge in [0.1, 0.15) is 0 Å². The van der Waals surface area contributed by atoms with Crippen molar-refractivity contribution in [3.63, 3.8) is 0 Å². The van der Waals surface area contributed by atoms with Crippen LogP contribution in [-0.2, 0) is 14.6 Å². The third-order valence-electron chi connectivity index (χ3n) is 4.50. The van der Waals surface area contributed by atoms with Crippen LogP contribution in [0.3, 0.4) is 0 Å². The standard InChI is InChI=1S/C20H24N2O4S/c1-4-27(25,26)15-11-9-14(10-12-15)18(13-19(23)22(2)3)16-7-5-6-8-17(16)20(21)24/h5-12,18H,4,13H2,1-3H3,(H2,21,24)/t18-/m0/s1. The topological polar surface area (TPSA) is 97.5 Å². The first-order valence-electron chi connectivity index (χ1n) is 8.59. The van der Waals surface area contributed by atoms with E-state index in [2.05, 4.69) is 0 Å². The number of benzene rings is 2. The highest BCUT2D eigenvalue weighted by atomic mass is 32.2. The van der Waals surface area contributed by atoms with E-state index in [9.17, 15) is 18.0 Å². The molecular weight excluding hydrogens is 364 g/mol. The molecule has 2 aromatic rings. The van der Waals surface area contributed by atoms with Crippen LogP contribution in [0.1, 0.15) is 40.7 Å². The van der Waals surface area contributed by atoms with Crippen LogP contribution in [0.5, 0.6) is 0 Å². The molecule has 0 aromatic heterocycles. The van der Waals surface area contributed by atoms with Gasteiger partial charge in [-0.3, -0.25) is 9.59 Å². The van der Waals surface area contributed by atoms with Crippen LogP contribution >= 0.6 is 0 Å². The molecule has 0 unspecified atom stereocenters. The molecule has 0 aliphatic carbocycles. The summed E-state index contributed by atoms with van der Waals surface area (Å²) in [4.78, 5) is 25.9. The molecule has 6 nitrogen and oxygen atoms in total. The van der Waals surface area contributed by atoms with Gasteiger partial charge in [0.25, 0.3) is 0 Å². The van der Waals surface area contributed by atoms with Crippen molar-refractivity contribution >= 4 is 21.7 Å². The number of primary amides is 1. The summed E-state index contributed by atoms with van der Waals surface area (Å²) >= 11 is 0. The number of amides is 2. The third-order valence-corrected chi connectivity index (χ3v) is 6.25. The zero-order valence-corrected chi connectivity index (χ0v) is 16.5. The van der Waals surface area contributed by atoms with E-state index in [0.29, 0.717) is 11.1 Å². The van der Waals surface area contributed by atoms with Crippen LogP contribution in [0, 0.1) is 0 Å². The third kappa shape index (κ3) is 4.74. The average Bonchev–Trinajstić information content (AvgIpc) is 2.65. The van der Waals surface area contributed by atoms with Crippen molar-refractivity contribution < 1.29 is 18.0 Å². The van der Waals surface area contributed by atoms with E-state index in [4.69, 9.17) is 5.73 Å². The maximum absolute atomic E-state index is 12.4. The van der Waals surface area contributed by atoms with Gasteiger partial charge in [0, 0.05) is 32.0 Å². The number of rotatable bonds is 7. The van der Waals surface area contributed by atoms with E-state index in [1.54, 1.807) is 57.4 Å². The minimum Gasteiger partial charge on any atom is -0.366 e. The first-order valence-corrected chi connectivity index (χ1v) is 10.2. The molecule has 0 aliphatic rings. The first-order chi connectivity index (χ1) is 12.7. The molecule has 2 rings (SSSR count). The first kappa shape index (κ1) is 20.6.